The average Bonchev–Trinajstić information content (AvgIpc) is 2.47. The minimum atomic E-state index is 0.387. The molecule has 1 aromatic heterocycles. The summed E-state index contributed by atoms with van der Waals surface area (Å²) in [7, 11) is 1.60. The zero-order valence-corrected chi connectivity index (χ0v) is 13.6. The lowest BCUT2D eigenvalue weighted by Gasteiger charge is -2.14. The second kappa shape index (κ2) is 7.46. The van der Waals surface area contributed by atoms with Gasteiger partial charge in [0, 0.05) is 12.1 Å². The summed E-state index contributed by atoms with van der Waals surface area (Å²) in [5.41, 5.74) is 1.55. The lowest BCUT2D eigenvalue weighted by molar-refractivity contribution is 0.415. The first-order valence-corrected chi connectivity index (χ1v) is 7.78. The van der Waals surface area contributed by atoms with Crippen LogP contribution in [-0.2, 0) is 0 Å². The lowest BCUT2D eigenvalue weighted by atomic mass is 10.1. The Bertz CT molecular complexity index is 603. The molecule has 0 spiro atoms. The molecule has 1 N–H and O–H groups in total. The van der Waals surface area contributed by atoms with Gasteiger partial charge in [-0.3, -0.25) is 4.98 Å². The molecular formula is C16H22ClN3O. The van der Waals surface area contributed by atoms with E-state index in [0.29, 0.717) is 16.8 Å². The number of halogens is 1. The Morgan fingerprint density at radius 1 is 1.29 bits per heavy atom. The summed E-state index contributed by atoms with van der Waals surface area (Å²) in [4.78, 5) is 8.98. The third kappa shape index (κ3) is 4.21. The molecule has 4 nitrogen and oxygen atoms in total. The molecule has 21 heavy (non-hydrogen) atoms. The Labute approximate surface area is 130 Å². The predicted octanol–water partition coefficient (Wildman–Crippen LogP) is 4.67. The fourth-order valence-electron chi connectivity index (χ4n) is 2.27. The van der Waals surface area contributed by atoms with Crippen LogP contribution in [0.2, 0.25) is 5.02 Å². The van der Waals surface area contributed by atoms with Crippen molar-refractivity contribution in [2.75, 3.05) is 12.4 Å². The number of nitrogens with one attached hydrogen (secondary N) is 1. The maximum atomic E-state index is 6.09. The number of nitrogens with zero attached hydrogens (tertiary/aromatic N) is 2. The molecule has 2 aromatic rings. The van der Waals surface area contributed by atoms with E-state index in [2.05, 4.69) is 29.1 Å². The maximum absolute atomic E-state index is 6.09. The molecule has 0 radical (unpaired) electrons. The van der Waals surface area contributed by atoms with Crippen LogP contribution in [0.4, 0.5) is 5.82 Å². The van der Waals surface area contributed by atoms with Crippen molar-refractivity contribution < 1.29 is 4.74 Å². The molecular weight excluding hydrogens is 286 g/mol. The molecule has 0 amide bonds. The smallest absolute Gasteiger partial charge is 0.145 e. The average molecular weight is 308 g/mol. The zero-order chi connectivity index (χ0) is 15.2. The van der Waals surface area contributed by atoms with Crippen molar-refractivity contribution in [1.82, 2.24) is 9.97 Å². The monoisotopic (exact) mass is 307 g/mol. The quantitative estimate of drug-likeness (QED) is 0.755. The number of aromatic nitrogens is 2. The first kappa shape index (κ1) is 15.8. The van der Waals surface area contributed by atoms with E-state index in [1.54, 1.807) is 19.4 Å². The number of unbranched alkanes of at least 4 members (excludes halogenated alkanes) is 2. The Hall–Kier alpha value is -1.55. The lowest BCUT2D eigenvalue weighted by Crippen LogP contribution is -2.16. The molecule has 0 aliphatic rings. The van der Waals surface area contributed by atoms with Crippen molar-refractivity contribution in [2.24, 2.45) is 0 Å². The fraction of sp³-hybridized carbons (Fsp3) is 0.500. The van der Waals surface area contributed by atoms with Gasteiger partial charge in [-0.25, -0.2) is 4.98 Å². The highest BCUT2D eigenvalue weighted by atomic mass is 35.5. The third-order valence-corrected chi connectivity index (χ3v) is 3.75. The predicted molar refractivity (Wildman–Crippen MR) is 88.3 cm³/mol. The minimum Gasteiger partial charge on any atom is -0.495 e. The van der Waals surface area contributed by atoms with Crippen LogP contribution in [0, 0.1) is 0 Å². The molecule has 5 heteroatoms. The number of rotatable bonds is 7. The summed E-state index contributed by atoms with van der Waals surface area (Å²) < 4.78 is 5.22. The minimum absolute atomic E-state index is 0.387. The Morgan fingerprint density at radius 2 is 2.10 bits per heavy atom. The Morgan fingerprint density at radius 3 is 2.81 bits per heavy atom. The van der Waals surface area contributed by atoms with Crippen LogP contribution >= 0.6 is 11.6 Å². The van der Waals surface area contributed by atoms with Gasteiger partial charge in [0.1, 0.15) is 11.6 Å². The molecule has 1 aromatic carbocycles. The van der Waals surface area contributed by atoms with E-state index in [4.69, 9.17) is 16.3 Å². The number of anilines is 1. The molecule has 2 rings (SSSR count). The van der Waals surface area contributed by atoms with Crippen LogP contribution in [0.15, 0.2) is 18.3 Å². The van der Waals surface area contributed by atoms with Crippen LogP contribution in [0.5, 0.6) is 5.75 Å². The highest BCUT2D eigenvalue weighted by molar-refractivity contribution is 6.32. The molecule has 1 unspecified atom stereocenters. The van der Waals surface area contributed by atoms with Gasteiger partial charge < -0.3 is 10.1 Å². The van der Waals surface area contributed by atoms with Crippen LogP contribution in [0.3, 0.4) is 0 Å². The van der Waals surface area contributed by atoms with Crippen molar-refractivity contribution >= 4 is 28.5 Å². The van der Waals surface area contributed by atoms with Gasteiger partial charge in [0.2, 0.25) is 0 Å². The molecule has 0 fully saturated rings. The summed E-state index contributed by atoms with van der Waals surface area (Å²) in [6.45, 7) is 4.38. The Kier molecular flexibility index (Phi) is 5.62. The first-order chi connectivity index (χ1) is 10.1. The molecule has 0 saturated heterocycles. The van der Waals surface area contributed by atoms with E-state index in [9.17, 15) is 0 Å². The number of methoxy groups -OCH3 is 1. The summed E-state index contributed by atoms with van der Waals surface area (Å²) in [6, 6.07) is 3.98. The van der Waals surface area contributed by atoms with Crippen molar-refractivity contribution in [3.05, 3.63) is 23.4 Å². The molecule has 0 aliphatic carbocycles. The van der Waals surface area contributed by atoms with Crippen LogP contribution < -0.4 is 10.1 Å². The third-order valence-electron chi connectivity index (χ3n) is 3.45. The van der Waals surface area contributed by atoms with Crippen molar-refractivity contribution in [2.45, 2.75) is 45.6 Å². The zero-order valence-electron chi connectivity index (χ0n) is 12.8. The molecule has 1 atom stereocenters. The van der Waals surface area contributed by atoms with Gasteiger partial charge in [-0.05, 0) is 19.4 Å². The van der Waals surface area contributed by atoms with Crippen LogP contribution in [-0.4, -0.2) is 23.1 Å². The fourth-order valence-corrected chi connectivity index (χ4v) is 2.50. The van der Waals surface area contributed by atoms with Crippen LogP contribution in [0.1, 0.15) is 39.5 Å². The standard InChI is InChI=1S/C16H22ClN3O/c1-4-5-6-7-11(2)19-16-10-18-13-8-12(17)15(21-3)9-14(13)20-16/h8-11H,4-7H2,1-3H3,(H,19,20). The van der Waals surface area contributed by atoms with Gasteiger partial charge in [0.05, 0.1) is 29.4 Å². The van der Waals surface area contributed by atoms with E-state index >= 15 is 0 Å². The van der Waals surface area contributed by atoms with Gasteiger partial charge in [-0.15, -0.1) is 0 Å². The molecule has 0 aliphatic heterocycles. The summed E-state index contributed by atoms with van der Waals surface area (Å²) >= 11 is 6.09. The number of hydrogen-bond acceptors (Lipinski definition) is 4. The van der Waals surface area contributed by atoms with Crippen molar-refractivity contribution in [3.63, 3.8) is 0 Å². The van der Waals surface area contributed by atoms with Gasteiger partial charge in [-0.2, -0.15) is 0 Å². The van der Waals surface area contributed by atoms with E-state index in [0.717, 1.165) is 23.3 Å². The van der Waals surface area contributed by atoms with Crippen molar-refractivity contribution in [3.8, 4) is 5.75 Å². The summed E-state index contributed by atoms with van der Waals surface area (Å²) in [5.74, 6) is 1.41. The van der Waals surface area contributed by atoms with E-state index in [1.165, 1.54) is 19.3 Å². The summed E-state index contributed by atoms with van der Waals surface area (Å²) in [5, 5.41) is 3.95. The van der Waals surface area contributed by atoms with Gasteiger partial charge >= 0.3 is 0 Å². The topological polar surface area (TPSA) is 47.0 Å². The molecule has 0 bridgehead atoms. The van der Waals surface area contributed by atoms with E-state index in [1.807, 2.05) is 6.07 Å². The van der Waals surface area contributed by atoms with E-state index < -0.39 is 0 Å². The van der Waals surface area contributed by atoms with Crippen LogP contribution in [0.25, 0.3) is 11.0 Å². The second-order valence-electron chi connectivity index (χ2n) is 5.27. The normalized spacial score (nSPS) is 12.4. The van der Waals surface area contributed by atoms with Gasteiger partial charge in [0.25, 0.3) is 0 Å². The highest BCUT2D eigenvalue weighted by Crippen LogP contribution is 2.28. The van der Waals surface area contributed by atoms with Crippen molar-refractivity contribution in [1.29, 1.82) is 0 Å². The second-order valence-corrected chi connectivity index (χ2v) is 5.68. The first-order valence-electron chi connectivity index (χ1n) is 7.41. The van der Waals surface area contributed by atoms with E-state index in [-0.39, 0.29) is 0 Å². The van der Waals surface area contributed by atoms with Gasteiger partial charge in [-0.1, -0.05) is 37.8 Å². The van der Waals surface area contributed by atoms with Gasteiger partial charge in [0.15, 0.2) is 0 Å². The molecule has 114 valence electrons. The SMILES string of the molecule is CCCCCC(C)Nc1cnc2cc(Cl)c(OC)cc2n1. The molecule has 1 heterocycles. The number of hydrogen-bond donors (Lipinski definition) is 1. The maximum Gasteiger partial charge on any atom is 0.145 e. The largest absolute Gasteiger partial charge is 0.495 e. The molecule has 0 saturated carbocycles. The highest BCUT2D eigenvalue weighted by Gasteiger charge is 2.08. The Balaban J connectivity index is 2.12. The summed E-state index contributed by atoms with van der Waals surface area (Å²) in [6.07, 6.45) is 6.63. The number of ether oxygens (including phenoxy) is 1. The number of fused-ring (bicyclic) bond motifs is 1. The number of benzene rings is 1.